The summed E-state index contributed by atoms with van der Waals surface area (Å²) in [4.78, 5) is 8.69. The van der Waals surface area contributed by atoms with Gasteiger partial charge in [0.05, 0.1) is 11.0 Å². The molecule has 0 spiro atoms. The molecule has 0 N–H and O–H groups in total. The largest absolute Gasteiger partial charge is 0.254 e. The first-order valence-corrected chi connectivity index (χ1v) is 11.4. The Bertz CT molecular complexity index is 1200. The molecular weight excluding hydrogens is 388 g/mol. The predicted molar refractivity (Wildman–Crippen MR) is 141 cm³/mol. The van der Waals surface area contributed by atoms with Gasteiger partial charge in [0.1, 0.15) is 0 Å². The lowest BCUT2D eigenvalue weighted by molar-refractivity contribution is 1.37. The summed E-state index contributed by atoms with van der Waals surface area (Å²) in [5.74, 6) is 0. The molecule has 0 bridgehead atoms. The van der Waals surface area contributed by atoms with Crippen molar-refractivity contribution in [3.8, 4) is 0 Å². The summed E-state index contributed by atoms with van der Waals surface area (Å²) in [6.07, 6.45) is 3.60. The average molecular weight is 419 g/mol. The van der Waals surface area contributed by atoms with Crippen LogP contribution >= 0.6 is 0 Å². The molecule has 32 heavy (non-hydrogen) atoms. The van der Waals surface area contributed by atoms with E-state index < -0.39 is 0 Å². The van der Waals surface area contributed by atoms with Crippen LogP contribution in [0.15, 0.2) is 109 Å². The van der Waals surface area contributed by atoms with Gasteiger partial charge in [-0.3, -0.25) is 9.97 Å². The van der Waals surface area contributed by atoms with Crippen LogP contribution in [0.1, 0.15) is 27.7 Å². The third-order valence-corrected chi connectivity index (χ3v) is 5.00. The van der Waals surface area contributed by atoms with Gasteiger partial charge in [-0.2, -0.15) is 0 Å². The summed E-state index contributed by atoms with van der Waals surface area (Å²) in [6.45, 7) is 8.00. The number of aromatic nitrogens is 2. The molecule has 0 aliphatic heterocycles. The Balaban J connectivity index is 0.000000157. The van der Waals surface area contributed by atoms with Gasteiger partial charge in [0.15, 0.2) is 0 Å². The van der Waals surface area contributed by atoms with E-state index in [1.165, 1.54) is 21.5 Å². The second kappa shape index (κ2) is 11.6. The molecule has 0 aliphatic carbocycles. The summed E-state index contributed by atoms with van der Waals surface area (Å²) in [5.41, 5.74) is 1.95. The van der Waals surface area contributed by atoms with Gasteiger partial charge in [-0.1, -0.05) is 113 Å². The van der Waals surface area contributed by atoms with Gasteiger partial charge in [0.25, 0.3) is 0 Å². The molecule has 0 saturated carbocycles. The number of benzene rings is 4. The second-order valence-corrected chi connectivity index (χ2v) is 6.72. The zero-order valence-electron chi connectivity index (χ0n) is 19.3. The average Bonchev–Trinajstić information content (AvgIpc) is 2.91. The van der Waals surface area contributed by atoms with Crippen LogP contribution in [0.3, 0.4) is 0 Å². The lowest BCUT2D eigenvalue weighted by Gasteiger charge is -2.02. The molecule has 2 nitrogen and oxygen atoms in total. The zero-order valence-corrected chi connectivity index (χ0v) is 19.3. The van der Waals surface area contributed by atoms with Crippen LogP contribution in [0.25, 0.3) is 43.4 Å². The second-order valence-electron chi connectivity index (χ2n) is 6.72. The van der Waals surface area contributed by atoms with Crippen molar-refractivity contribution in [2.45, 2.75) is 27.7 Å². The van der Waals surface area contributed by atoms with E-state index in [-0.39, 0.29) is 0 Å². The number of pyridine rings is 2. The van der Waals surface area contributed by atoms with Crippen molar-refractivity contribution in [1.29, 1.82) is 0 Å². The highest BCUT2D eigenvalue weighted by Crippen LogP contribution is 2.24. The fourth-order valence-electron chi connectivity index (χ4n) is 3.63. The van der Waals surface area contributed by atoms with E-state index in [9.17, 15) is 0 Å². The Morgan fingerprint density at radius 1 is 0.375 bits per heavy atom. The van der Waals surface area contributed by atoms with Gasteiger partial charge in [0, 0.05) is 23.2 Å². The summed E-state index contributed by atoms with van der Waals surface area (Å²) in [6, 6.07) is 33.5. The van der Waals surface area contributed by atoms with Crippen LogP contribution in [-0.2, 0) is 0 Å². The first-order chi connectivity index (χ1) is 15.9. The van der Waals surface area contributed by atoms with Crippen molar-refractivity contribution in [3.63, 3.8) is 0 Å². The van der Waals surface area contributed by atoms with Crippen molar-refractivity contribution in [3.05, 3.63) is 109 Å². The Morgan fingerprint density at radius 2 is 0.719 bits per heavy atom. The molecule has 0 fully saturated rings. The topological polar surface area (TPSA) is 25.8 Å². The normalized spacial score (nSPS) is 9.88. The van der Waals surface area contributed by atoms with Gasteiger partial charge in [0.2, 0.25) is 0 Å². The Morgan fingerprint density at radius 3 is 1.16 bits per heavy atom. The van der Waals surface area contributed by atoms with Gasteiger partial charge in [-0.15, -0.1) is 0 Å². The highest BCUT2D eigenvalue weighted by Gasteiger charge is 2.00. The number of rotatable bonds is 0. The van der Waals surface area contributed by atoms with Crippen molar-refractivity contribution < 1.29 is 0 Å². The minimum atomic E-state index is 0.977. The van der Waals surface area contributed by atoms with Crippen LogP contribution in [-0.4, -0.2) is 9.97 Å². The van der Waals surface area contributed by atoms with E-state index >= 15 is 0 Å². The van der Waals surface area contributed by atoms with Crippen molar-refractivity contribution in [1.82, 2.24) is 9.97 Å². The van der Waals surface area contributed by atoms with Crippen LogP contribution in [0, 0.1) is 0 Å². The smallest absolute Gasteiger partial charge is 0.0964 e. The van der Waals surface area contributed by atoms with Crippen molar-refractivity contribution in [2.24, 2.45) is 0 Å². The molecule has 0 amide bonds. The molecule has 0 aliphatic rings. The Kier molecular flexibility index (Phi) is 8.28. The number of hydrogen-bond donors (Lipinski definition) is 0. The van der Waals surface area contributed by atoms with Crippen molar-refractivity contribution in [2.75, 3.05) is 0 Å². The number of fused-ring (bicyclic) bond motifs is 6. The van der Waals surface area contributed by atoms with Gasteiger partial charge in [-0.25, -0.2) is 0 Å². The standard InChI is InChI=1S/C14H10.C12H8N2.2C2H6/c1-3-7-13-11(5-1)9-10-12-6-2-4-8-14(12)13;1-3-9-5-6-10-4-2-8-14-12(10)11(9)13-7-1;2*1-2/h1-10H;1-8H;2*1-2H3. The SMILES string of the molecule is CC.CC.c1ccc2c(c1)ccc1ccccc12.c1cnc2c(c1)ccc1cccnc12. The van der Waals surface area contributed by atoms with E-state index in [1.807, 2.05) is 39.8 Å². The molecule has 2 aromatic heterocycles. The third-order valence-electron chi connectivity index (χ3n) is 5.00. The first kappa shape index (κ1) is 22.9. The van der Waals surface area contributed by atoms with Crippen LogP contribution in [0.4, 0.5) is 0 Å². The summed E-state index contributed by atoms with van der Waals surface area (Å²) >= 11 is 0. The molecule has 0 atom stereocenters. The molecule has 0 radical (unpaired) electrons. The molecule has 0 saturated heterocycles. The number of nitrogens with zero attached hydrogens (tertiary/aromatic N) is 2. The van der Waals surface area contributed by atoms with E-state index in [0.29, 0.717) is 0 Å². The molecular formula is C30H30N2. The van der Waals surface area contributed by atoms with Crippen LogP contribution in [0.5, 0.6) is 0 Å². The summed E-state index contributed by atoms with van der Waals surface area (Å²) in [7, 11) is 0. The minimum Gasteiger partial charge on any atom is -0.254 e. The molecule has 2 heteroatoms. The molecule has 160 valence electrons. The number of hydrogen-bond acceptors (Lipinski definition) is 2. The van der Waals surface area contributed by atoms with Gasteiger partial charge < -0.3 is 0 Å². The summed E-state index contributed by atoms with van der Waals surface area (Å²) < 4.78 is 0. The fraction of sp³-hybridized carbons (Fsp3) is 0.133. The van der Waals surface area contributed by atoms with Crippen LogP contribution in [0.2, 0.25) is 0 Å². The minimum absolute atomic E-state index is 0.977. The molecule has 0 unspecified atom stereocenters. The van der Waals surface area contributed by atoms with E-state index in [2.05, 4.69) is 94.9 Å². The summed E-state index contributed by atoms with van der Waals surface area (Å²) in [5, 5.41) is 7.58. The Hall–Kier alpha value is -3.78. The third kappa shape index (κ3) is 4.92. The highest BCUT2D eigenvalue weighted by molar-refractivity contribution is 6.07. The quantitative estimate of drug-likeness (QED) is 0.230. The molecule has 6 aromatic rings. The van der Waals surface area contributed by atoms with E-state index in [1.54, 1.807) is 12.4 Å². The lowest BCUT2D eigenvalue weighted by atomic mass is 10.0. The Labute approximate surface area is 190 Å². The fourth-order valence-corrected chi connectivity index (χ4v) is 3.63. The zero-order chi connectivity index (χ0) is 22.8. The highest BCUT2D eigenvalue weighted by atomic mass is 14.7. The molecule has 6 rings (SSSR count). The molecule has 4 aromatic carbocycles. The predicted octanol–water partition coefficient (Wildman–Crippen LogP) is 8.83. The maximum absolute atomic E-state index is 4.35. The first-order valence-electron chi connectivity index (χ1n) is 11.4. The monoisotopic (exact) mass is 418 g/mol. The van der Waals surface area contributed by atoms with Gasteiger partial charge >= 0.3 is 0 Å². The lowest BCUT2D eigenvalue weighted by Crippen LogP contribution is -1.83. The van der Waals surface area contributed by atoms with E-state index in [4.69, 9.17) is 0 Å². The van der Waals surface area contributed by atoms with Crippen molar-refractivity contribution >= 4 is 43.4 Å². The van der Waals surface area contributed by atoms with E-state index in [0.717, 1.165) is 21.8 Å². The van der Waals surface area contributed by atoms with Gasteiger partial charge in [-0.05, 0) is 33.7 Å². The molecule has 2 heterocycles. The maximum Gasteiger partial charge on any atom is 0.0964 e. The van der Waals surface area contributed by atoms with Crippen LogP contribution < -0.4 is 0 Å². The maximum atomic E-state index is 4.35.